The highest BCUT2D eigenvalue weighted by Crippen LogP contribution is 2.47. The number of rotatable bonds is 6. The number of allylic oxidation sites excluding steroid dienone is 4. The van der Waals surface area contributed by atoms with Gasteiger partial charge in [0.15, 0.2) is 5.78 Å². The van der Waals surface area contributed by atoms with Crippen LogP contribution < -0.4 is 0 Å². The van der Waals surface area contributed by atoms with E-state index in [0.717, 1.165) is 24.0 Å². The number of hydrogen-bond donors (Lipinski definition) is 4. The van der Waals surface area contributed by atoms with Crippen molar-refractivity contribution >= 4 is 5.78 Å². The molecule has 0 spiro atoms. The summed E-state index contributed by atoms with van der Waals surface area (Å²) in [5.74, 6) is -0.392. The molecule has 0 amide bonds. The second-order valence-corrected chi connectivity index (χ2v) is 8.05. The molecule has 0 heterocycles. The maximum absolute atomic E-state index is 12.2. The minimum Gasteiger partial charge on any atom is -0.509 e. The van der Waals surface area contributed by atoms with Crippen LogP contribution in [-0.2, 0) is 4.79 Å². The van der Waals surface area contributed by atoms with Crippen molar-refractivity contribution in [3.05, 3.63) is 34.6 Å². The Morgan fingerprint density at radius 2 is 1.96 bits per heavy atom. The minimum absolute atomic E-state index is 0.0471. The molecule has 5 heteroatoms. The summed E-state index contributed by atoms with van der Waals surface area (Å²) in [5.41, 5.74) is 1.44. The van der Waals surface area contributed by atoms with Gasteiger partial charge in [0.2, 0.25) is 0 Å². The predicted molar refractivity (Wildman–Crippen MR) is 101 cm³/mol. The van der Waals surface area contributed by atoms with Gasteiger partial charge in [0.05, 0.1) is 12.2 Å². The Balaban J connectivity index is 2.21. The molecule has 2 rings (SSSR count). The first kappa shape index (κ1) is 20.9. The normalized spacial score (nSPS) is 33.9. The lowest BCUT2D eigenvalue weighted by atomic mass is 9.76. The van der Waals surface area contributed by atoms with Gasteiger partial charge in [-0.1, -0.05) is 23.3 Å². The first-order valence-electron chi connectivity index (χ1n) is 9.46. The zero-order valence-electron chi connectivity index (χ0n) is 16.0. The lowest BCUT2D eigenvalue weighted by Crippen LogP contribution is -2.35. The number of aliphatic hydroxyl groups is 4. The largest absolute Gasteiger partial charge is 0.509 e. The molecule has 0 aromatic rings. The first-order chi connectivity index (χ1) is 12.2. The Morgan fingerprint density at radius 1 is 1.27 bits per heavy atom. The average Bonchev–Trinajstić information content (AvgIpc) is 2.89. The van der Waals surface area contributed by atoms with Gasteiger partial charge in [0.1, 0.15) is 11.9 Å². The molecule has 4 N–H and O–H groups in total. The van der Waals surface area contributed by atoms with E-state index in [4.69, 9.17) is 5.11 Å². The van der Waals surface area contributed by atoms with Gasteiger partial charge >= 0.3 is 0 Å². The van der Waals surface area contributed by atoms with E-state index in [1.165, 1.54) is 0 Å². The van der Waals surface area contributed by atoms with Crippen molar-refractivity contribution in [2.24, 2.45) is 11.8 Å². The molecule has 2 aliphatic carbocycles. The molecule has 1 fully saturated rings. The van der Waals surface area contributed by atoms with E-state index in [2.05, 4.69) is 6.08 Å². The lowest BCUT2D eigenvalue weighted by Gasteiger charge is -2.32. The second kappa shape index (κ2) is 8.51. The summed E-state index contributed by atoms with van der Waals surface area (Å²) in [5, 5.41) is 40.0. The van der Waals surface area contributed by atoms with Gasteiger partial charge in [-0.05, 0) is 64.7 Å². The van der Waals surface area contributed by atoms with Gasteiger partial charge in [-0.25, -0.2) is 0 Å². The summed E-state index contributed by atoms with van der Waals surface area (Å²) in [7, 11) is 0. The molecule has 0 aromatic carbocycles. The minimum atomic E-state index is -0.976. The van der Waals surface area contributed by atoms with Crippen molar-refractivity contribution in [1.29, 1.82) is 0 Å². The summed E-state index contributed by atoms with van der Waals surface area (Å²) in [6, 6.07) is 0. The number of hydrogen-bond acceptors (Lipinski definition) is 5. The van der Waals surface area contributed by atoms with E-state index >= 15 is 0 Å². The lowest BCUT2D eigenvalue weighted by molar-refractivity contribution is -0.117. The fourth-order valence-electron chi connectivity index (χ4n) is 4.17. The Morgan fingerprint density at radius 3 is 2.62 bits per heavy atom. The quantitative estimate of drug-likeness (QED) is 0.543. The van der Waals surface area contributed by atoms with E-state index in [1.807, 2.05) is 19.9 Å². The highest BCUT2D eigenvalue weighted by Gasteiger charge is 2.45. The Hall–Kier alpha value is -1.43. The van der Waals surface area contributed by atoms with Crippen LogP contribution in [0.1, 0.15) is 59.3 Å². The number of ketones is 1. The zero-order chi connectivity index (χ0) is 19.5. The maximum Gasteiger partial charge on any atom is 0.162 e. The molecule has 146 valence electrons. The zero-order valence-corrected chi connectivity index (χ0v) is 16.0. The summed E-state index contributed by atoms with van der Waals surface area (Å²) >= 11 is 0. The molecule has 0 aromatic heterocycles. The molecule has 5 nitrogen and oxygen atoms in total. The van der Waals surface area contributed by atoms with Gasteiger partial charge in [0.25, 0.3) is 0 Å². The molecule has 1 saturated carbocycles. The van der Waals surface area contributed by atoms with Crippen LogP contribution in [0, 0.1) is 11.8 Å². The van der Waals surface area contributed by atoms with E-state index in [1.54, 1.807) is 6.92 Å². The summed E-state index contributed by atoms with van der Waals surface area (Å²) in [4.78, 5) is 12.2. The number of aliphatic hydroxyl groups excluding tert-OH is 3. The Bertz CT molecular complexity index is 626. The van der Waals surface area contributed by atoms with Crippen LogP contribution in [0.25, 0.3) is 0 Å². The molecular formula is C21H32O5. The fraction of sp³-hybridized carbons (Fsp3) is 0.667. The summed E-state index contributed by atoms with van der Waals surface area (Å²) < 4.78 is 0. The van der Waals surface area contributed by atoms with Crippen LogP contribution in [0.5, 0.6) is 0 Å². The summed E-state index contributed by atoms with van der Waals surface area (Å²) in [6.45, 7) is 5.75. The van der Waals surface area contributed by atoms with Crippen molar-refractivity contribution in [3.8, 4) is 0 Å². The molecule has 0 radical (unpaired) electrons. The van der Waals surface area contributed by atoms with Crippen LogP contribution >= 0.6 is 0 Å². The molecule has 2 aliphatic rings. The third-order valence-corrected chi connectivity index (χ3v) is 6.02. The van der Waals surface area contributed by atoms with Gasteiger partial charge in [0, 0.05) is 12.0 Å². The standard InChI is InChI=1S/C21H32O5/c1-13(12-22)5-4-6-14(2)15-9-10-21(3,26)17(15)11-16-18(23)7-8-19(24)20(16)25/h5-6,15,17,19,22,24-26H,4,7-12H2,1-3H3. The van der Waals surface area contributed by atoms with E-state index in [9.17, 15) is 20.1 Å². The van der Waals surface area contributed by atoms with Crippen molar-refractivity contribution in [2.45, 2.75) is 71.0 Å². The first-order valence-corrected chi connectivity index (χ1v) is 9.46. The van der Waals surface area contributed by atoms with Gasteiger partial charge in [-0.15, -0.1) is 0 Å². The topological polar surface area (TPSA) is 98.0 Å². The van der Waals surface area contributed by atoms with E-state index in [0.29, 0.717) is 6.42 Å². The second-order valence-electron chi connectivity index (χ2n) is 8.05. The maximum atomic E-state index is 12.2. The van der Waals surface area contributed by atoms with Crippen molar-refractivity contribution in [1.82, 2.24) is 0 Å². The monoisotopic (exact) mass is 364 g/mol. The van der Waals surface area contributed by atoms with Crippen LogP contribution in [0.4, 0.5) is 0 Å². The SMILES string of the molecule is CC(=CCC=C(C)C1CCC(C)(O)C1CC1=C(O)C(O)CCC1=O)CO. The number of carbonyl (C=O) groups excluding carboxylic acids is 1. The van der Waals surface area contributed by atoms with Crippen LogP contribution in [0.3, 0.4) is 0 Å². The summed E-state index contributed by atoms with van der Waals surface area (Å²) in [6.07, 6.45) is 6.07. The molecule has 4 unspecified atom stereocenters. The van der Waals surface area contributed by atoms with Crippen LogP contribution in [-0.4, -0.2) is 44.5 Å². The fourth-order valence-corrected chi connectivity index (χ4v) is 4.17. The van der Waals surface area contributed by atoms with E-state index < -0.39 is 11.7 Å². The molecule has 0 bridgehead atoms. The molecule has 0 saturated heterocycles. The van der Waals surface area contributed by atoms with Crippen molar-refractivity contribution in [3.63, 3.8) is 0 Å². The molecule has 0 aliphatic heterocycles. The van der Waals surface area contributed by atoms with Crippen molar-refractivity contribution < 1.29 is 25.2 Å². The Kier molecular flexibility index (Phi) is 6.83. The highest BCUT2D eigenvalue weighted by atomic mass is 16.3. The Labute approximate surface area is 155 Å². The van der Waals surface area contributed by atoms with Gasteiger partial charge < -0.3 is 20.4 Å². The van der Waals surface area contributed by atoms with Crippen LogP contribution in [0.15, 0.2) is 34.6 Å². The van der Waals surface area contributed by atoms with Gasteiger partial charge in [-0.3, -0.25) is 4.79 Å². The van der Waals surface area contributed by atoms with Gasteiger partial charge in [-0.2, -0.15) is 0 Å². The third kappa shape index (κ3) is 4.64. The third-order valence-electron chi connectivity index (χ3n) is 6.02. The van der Waals surface area contributed by atoms with E-state index in [-0.39, 0.29) is 54.8 Å². The molecule has 4 atom stereocenters. The molecular weight excluding hydrogens is 332 g/mol. The average molecular weight is 364 g/mol. The number of Topliss-reactive ketones (excluding diaryl/α,β-unsaturated/α-hetero) is 1. The van der Waals surface area contributed by atoms with Crippen LogP contribution in [0.2, 0.25) is 0 Å². The predicted octanol–water partition coefficient (Wildman–Crippen LogP) is 2.96. The highest BCUT2D eigenvalue weighted by molar-refractivity contribution is 5.96. The number of carbonyl (C=O) groups is 1. The molecule has 26 heavy (non-hydrogen) atoms. The van der Waals surface area contributed by atoms with Crippen molar-refractivity contribution in [2.75, 3.05) is 6.61 Å². The smallest absolute Gasteiger partial charge is 0.162 e.